The van der Waals surface area contributed by atoms with Gasteiger partial charge in [0.05, 0.1) is 19.8 Å². The molecule has 28 heavy (non-hydrogen) atoms. The third-order valence-electron chi connectivity index (χ3n) is 6.35. The van der Waals surface area contributed by atoms with Crippen molar-refractivity contribution in [1.29, 1.82) is 0 Å². The summed E-state index contributed by atoms with van der Waals surface area (Å²) in [6.07, 6.45) is 1.89. The van der Waals surface area contributed by atoms with Crippen LogP contribution >= 0.6 is 0 Å². The number of pyridine rings is 1. The third-order valence-corrected chi connectivity index (χ3v) is 6.35. The molecule has 0 radical (unpaired) electrons. The smallest absolute Gasteiger partial charge is 0.253 e. The predicted molar refractivity (Wildman–Crippen MR) is 110 cm³/mol. The van der Waals surface area contributed by atoms with Crippen LogP contribution in [0.1, 0.15) is 16.7 Å². The average Bonchev–Trinajstić information content (AvgIpc) is 2.63. The summed E-state index contributed by atoms with van der Waals surface area (Å²) in [6, 6.07) is 4.12. The van der Waals surface area contributed by atoms with Crippen molar-refractivity contribution < 1.29 is 9.47 Å². The fourth-order valence-electron chi connectivity index (χ4n) is 4.50. The molecule has 1 aromatic carbocycles. The van der Waals surface area contributed by atoms with Gasteiger partial charge >= 0.3 is 0 Å². The first kappa shape index (κ1) is 19.0. The van der Waals surface area contributed by atoms with Crippen LogP contribution in [0, 0.1) is 19.3 Å². The Labute approximate surface area is 166 Å². The molecule has 3 heterocycles. The minimum Gasteiger partial charge on any atom is -0.496 e. The quantitative estimate of drug-likeness (QED) is 0.857. The molecule has 0 bridgehead atoms. The fourth-order valence-corrected chi connectivity index (χ4v) is 4.50. The molecule has 2 aliphatic heterocycles. The highest BCUT2D eigenvalue weighted by Gasteiger charge is 2.47. The summed E-state index contributed by atoms with van der Waals surface area (Å²) in [4.78, 5) is 14.7. The molecule has 0 saturated carbocycles. The van der Waals surface area contributed by atoms with E-state index in [1.54, 1.807) is 25.8 Å². The molecule has 0 aliphatic carbocycles. The normalized spacial score (nSPS) is 17.9. The Hall–Kier alpha value is -2.31. The molecular weight excluding hydrogens is 354 g/mol. The van der Waals surface area contributed by atoms with E-state index in [2.05, 4.69) is 22.3 Å². The number of ether oxygens (including phenoxy) is 2. The lowest BCUT2D eigenvalue weighted by atomic mass is 9.74. The van der Waals surface area contributed by atoms with Crippen LogP contribution in [-0.4, -0.2) is 49.9 Å². The Kier molecular flexibility index (Phi) is 4.71. The van der Waals surface area contributed by atoms with Crippen LogP contribution in [-0.2, 0) is 13.6 Å². The average molecular weight is 383 g/mol. The SMILES string of the molecule is COc1cc(-c2cn(C)c(=O)c(C)c2C)cc(OC)c1CN1CC2(CNC2)C1. The lowest BCUT2D eigenvalue weighted by Crippen LogP contribution is -2.70. The monoisotopic (exact) mass is 383 g/mol. The zero-order chi connectivity index (χ0) is 20.1. The van der Waals surface area contributed by atoms with Crippen LogP contribution in [0.25, 0.3) is 11.1 Å². The Balaban J connectivity index is 1.70. The zero-order valence-corrected chi connectivity index (χ0v) is 17.4. The van der Waals surface area contributed by atoms with Crippen molar-refractivity contribution in [3.05, 3.63) is 45.4 Å². The van der Waals surface area contributed by atoms with E-state index in [4.69, 9.17) is 9.47 Å². The van der Waals surface area contributed by atoms with Crippen LogP contribution < -0.4 is 20.3 Å². The van der Waals surface area contributed by atoms with Gasteiger partial charge in [0.25, 0.3) is 5.56 Å². The van der Waals surface area contributed by atoms with E-state index in [1.807, 2.05) is 20.0 Å². The lowest BCUT2D eigenvalue weighted by Gasteiger charge is -2.56. The van der Waals surface area contributed by atoms with E-state index in [0.717, 1.165) is 72.0 Å². The van der Waals surface area contributed by atoms with Crippen LogP contribution in [0.4, 0.5) is 0 Å². The molecule has 0 unspecified atom stereocenters. The fraction of sp³-hybridized carbons (Fsp3) is 0.500. The molecule has 0 amide bonds. The largest absolute Gasteiger partial charge is 0.496 e. The number of aryl methyl sites for hydroxylation is 1. The maximum absolute atomic E-state index is 12.2. The minimum atomic E-state index is 0.0361. The molecule has 4 rings (SSSR count). The van der Waals surface area contributed by atoms with Crippen molar-refractivity contribution in [3.8, 4) is 22.6 Å². The van der Waals surface area contributed by atoms with E-state index in [9.17, 15) is 4.79 Å². The maximum Gasteiger partial charge on any atom is 0.253 e. The number of rotatable bonds is 5. The number of nitrogens with one attached hydrogen (secondary N) is 1. The Morgan fingerprint density at radius 3 is 2.18 bits per heavy atom. The number of hydrogen-bond donors (Lipinski definition) is 1. The molecule has 1 aromatic heterocycles. The zero-order valence-electron chi connectivity index (χ0n) is 17.4. The minimum absolute atomic E-state index is 0.0361. The highest BCUT2D eigenvalue weighted by molar-refractivity contribution is 5.72. The second-order valence-corrected chi connectivity index (χ2v) is 8.32. The summed E-state index contributed by atoms with van der Waals surface area (Å²) in [5.74, 6) is 1.65. The van der Waals surface area contributed by atoms with Crippen molar-refractivity contribution in [3.63, 3.8) is 0 Å². The van der Waals surface area contributed by atoms with Gasteiger partial charge in [0.2, 0.25) is 0 Å². The van der Waals surface area contributed by atoms with E-state index >= 15 is 0 Å². The molecule has 2 aromatic rings. The van der Waals surface area contributed by atoms with Gasteiger partial charge in [-0.25, -0.2) is 0 Å². The van der Waals surface area contributed by atoms with Crippen molar-refractivity contribution in [2.24, 2.45) is 12.5 Å². The lowest BCUT2D eigenvalue weighted by molar-refractivity contribution is -0.0450. The molecule has 1 spiro atoms. The van der Waals surface area contributed by atoms with Crippen LogP contribution in [0.2, 0.25) is 0 Å². The number of aromatic nitrogens is 1. The first-order valence-corrected chi connectivity index (χ1v) is 9.72. The van der Waals surface area contributed by atoms with Crippen LogP contribution in [0.5, 0.6) is 11.5 Å². The Morgan fingerprint density at radius 1 is 1.07 bits per heavy atom. The molecule has 6 nitrogen and oxygen atoms in total. The van der Waals surface area contributed by atoms with Gasteiger partial charge in [0, 0.05) is 62.5 Å². The second-order valence-electron chi connectivity index (χ2n) is 8.32. The van der Waals surface area contributed by atoms with Crippen molar-refractivity contribution >= 4 is 0 Å². The maximum atomic E-state index is 12.2. The summed E-state index contributed by atoms with van der Waals surface area (Å²) < 4.78 is 13.1. The molecular formula is C22H29N3O3. The number of nitrogens with zero attached hydrogens (tertiary/aromatic N) is 2. The van der Waals surface area contributed by atoms with E-state index in [0.29, 0.717) is 5.41 Å². The van der Waals surface area contributed by atoms with Crippen molar-refractivity contribution in [2.75, 3.05) is 40.4 Å². The topological polar surface area (TPSA) is 55.7 Å². The Bertz CT molecular complexity index is 943. The summed E-state index contributed by atoms with van der Waals surface area (Å²) in [5, 5.41) is 3.38. The van der Waals surface area contributed by atoms with Gasteiger partial charge in [-0.3, -0.25) is 9.69 Å². The predicted octanol–water partition coefficient (Wildman–Crippen LogP) is 2.09. The van der Waals surface area contributed by atoms with E-state index in [-0.39, 0.29) is 5.56 Å². The molecule has 0 atom stereocenters. The standard InChI is InChI=1S/C22H29N3O3/c1-14-15(2)21(26)24(3)8-17(14)16-6-19(27-4)18(20(7-16)28-5)9-25-12-22(13-25)10-23-11-22/h6-8,23H,9-13H2,1-5H3. The van der Waals surface area contributed by atoms with E-state index < -0.39 is 0 Å². The highest BCUT2D eigenvalue weighted by Crippen LogP contribution is 2.40. The first-order chi connectivity index (χ1) is 13.4. The van der Waals surface area contributed by atoms with Gasteiger partial charge in [0.15, 0.2) is 0 Å². The van der Waals surface area contributed by atoms with Crippen LogP contribution in [0.15, 0.2) is 23.1 Å². The molecule has 2 fully saturated rings. The summed E-state index contributed by atoms with van der Waals surface area (Å²) in [5.41, 5.74) is 5.38. The van der Waals surface area contributed by atoms with Crippen LogP contribution in [0.3, 0.4) is 0 Å². The highest BCUT2D eigenvalue weighted by atomic mass is 16.5. The van der Waals surface area contributed by atoms with E-state index in [1.165, 1.54) is 0 Å². The van der Waals surface area contributed by atoms with Gasteiger partial charge in [0.1, 0.15) is 11.5 Å². The number of benzene rings is 1. The van der Waals surface area contributed by atoms with Gasteiger partial charge in [-0.1, -0.05) is 0 Å². The summed E-state index contributed by atoms with van der Waals surface area (Å²) >= 11 is 0. The second kappa shape index (κ2) is 6.94. The first-order valence-electron chi connectivity index (χ1n) is 9.72. The molecule has 150 valence electrons. The van der Waals surface area contributed by atoms with Gasteiger partial charge < -0.3 is 19.4 Å². The van der Waals surface area contributed by atoms with Crippen molar-refractivity contribution in [2.45, 2.75) is 20.4 Å². The summed E-state index contributed by atoms with van der Waals surface area (Å²) in [7, 11) is 5.19. The molecule has 2 saturated heterocycles. The number of hydrogen-bond acceptors (Lipinski definition) is 5. The summed E-state index contributed by atoms with van der Waals surface area (Å²) in [6.45, 7) is 9.17. The van der Waals surface area contributed by atoms with Gasteiger partial charge in [-0.05, 0) is 37.1 Å². The molecule has 2 aliphatic rings. The molecule has 6 heteroatoms. The third kappa shape index (κ3) is 3.01. The van der Waals surface area contributed by atoms with Gasteiger partial charge in [-0.15, -0.1) is 0 Å². The van der Waals surface area contributed by atoms with Crippen molar-refractivity contribution in [1.82, 2.24) is 14.8 Å². The number of methoxy groups -OCH3 is 2. The van der Waals surface area contributed by atoms with Gasteiger partial charge in [-0.2, -0.15) is 0 Å². The Morgan fingerprint density at radius 2 is 1.68 bits per heavy atom. The number of likely N-dealkylation sites (tertiary alicyclic amines) is 1. The molecule has 1 N–H and O–H groups in total.